The Hall–Kier alpha value is -3.20. The molecule has 0 bridgehead atoms. The zero-order valence-electron chi connectivity index (χ0n) is 16.5. The van der Waals surface area contributed by atoms with Crippen LogP contribution in [0.4, 0.5) is 0 Å². The molecule has 0 saturated carbocycles. The number of rotatable bonds is 8. The number of nitrogens with zero attached hydrogens (tertiary/aromatic N) is 3. The zero-order valence-corrected chi connectivity index (χ0v) is 17.3. The second kappa shape index (κ2) is 8.87. The van der Waals surface area contributed by atoms with Crippen molar-refractivity contribution in [1.29, 1.82) is 0 Å². The molecule has 29 heavy (non-hydrogen) atoms. The van der Waals surface area contributed by atoms with Crippen LogP contribution in [-0.4, -0.2) is 40.1 Å². The molecule has 2 heterocycles. The maximum Gasteiger partial charge on any atom is 0.342 e. The van der Waals surface area contributed by atoms with E-state index in [1.165, 1.54) is 6.08 Å². The van der Waals surface area contributed by atoms with Gasteiger partial charge in [0.2, 0.25) is 0 Å². The Bertz CT molecular complexity index is 1030. The standard InChI is InChI=1S/C20H21N3O5S/c1-5-23-18(13-8-15(26-3)10-16(9-13)27-4)21-22-20(23)29-17(19(24)25)11-14-7-6-12(2)28-14/h6-11H,5H2,1-4H3,(H,24,25)/b17-11+. The van der Waals surface area contributed by atoms with E-state index in [0.29, 0.717) is 40.5 Å². The van der Waals surface area contributed by atoms with Gasteiger partial charge in [0, 0.05) is 24.3 Å². The quantitative estimate of drug-likeness (QED) is 0.434. The number of benzene rings is 1. The highest BCUT2D eigenvalue weighted by Crippen LogP contribution is 2.33. The van der Waals surface area contributed by atoms with Crippen LogP contribution in [-0.2, 0) is 11.3 Å². The number of furan rings is 1. The topological polar surface area (TPSA) is 99.6 Å². The number of thioether (sulfide) groups is 1. The average Bonchev–Trinajstić information content (AvgIpc) is 3.32. The molecule has 0 atom stereocenters. The molecule has 0 saturated heterocycles. The number of hydrogen-bond acceptors (Lipinski definition) is 7. The van der Waals surface area contributed by atoms with Gasteiger partial charge >= 0.3 is 5.97 Å². The Kier molecular flexibility index (Phi) is 6.28. The Balaban J connectivity index is 1.99. The number of carboxylic acids is 1. The van der Waals surface area contributed by atoms with Crippen molar-refractivity contribution in [2.45, 2.75) is 25.5 Å². The van der Waals surface area contributed by atoms with Gasteiger partial charge < -0.3 is 23.6 Å². The molecule has 0 radical (unpaired) electrons. The van der Waals surface area contributed by atoms with Gasteiger partial charge in [-0.1, -0.05) is 0 Å². The molecule has 9 heteroatoms. The number of aromatic nitrogens is 3. The molecule has 3 aromatic rings. The maximum absolute atomic E-state index is 11.7. The van der Waals surface area contributed by atoms with E-state index in [-0.39, 0.29) is 4.91 Å². The highest BCUT2D eigenvalue weighted by Gasteiger charge is 2.19. The minimum absolute atomic E-state index is 0.0798. The van der Waals surface area contributed by atoms with Gasteiger partial charge in [0.15, 0.2) is 11.0 Å². The molecule has 0 amide bonds. The first-order valence-corrected chi connectivity index (χ1v) is 9.62. The third kappa shape index (κ3) is 4.62. The molecule has 0 fully saturated rings. The molecule has 3 rings (SSSR count). The number of carbonyl (C=O) groups is 1. The van der Waals surface area contributed by atoms with Gasteiger partial charge in [-0.15, -0.1) is 10.2 Å². The van der Waals surface area contributed by atoms with E-state index in [1.54, 1.807) is 39.3 Å². The van der Waals surface area contributed by atoms with Crippen LogP contribution in [0, 0.1) is 6.92 Å². The van der Waals surface area contributed by atoms with Crippen molar-refractivity contribution >= 4 is 23.8 Å². The summed E-state index contributed by atoms with van der Waals surface area (Å²) >= 11 is 1.02. The van der Waals surface area contributed by atoms with Crippen molar-refractivity contribution in [2.24, 2.45) is 0 Å². The summed E-state index contributed by atoms with van der Waals surface area (Å²) in [6.45, 7) is 4.29. The van der Waals surface area contributed by atoms with Crippen molar-refractivity contribution in [3.8, 4) is 22.9 Å². The summed E-state index contributed by atoms with van der Waals surface area (Å²) in [5, 5.41) is 18.5. The number of aryl methyl sites for hydroxylation is 1. The highest BCUT2D eigenvalue weighted by molar-refractivity contribution is 8.04. The van der Waals surface area contributed by atoms with Crippen LogP contribution in [0.15, 0.2) is 44.8 Å². The van der Waals surface area contributed by atoms with E-state index in [2.05, 4.69) is 10.2 Å². The minimum Gasteiger partial charge on any atom is -0.497 e. The number of methoxy groups -OCH3 is 2. The summed E-state index contributed by atoms with van der Waals surface area (Å²) in [4.78, 5) is 11.8. The molecule has 0 unspecified atom stereocenters. The van der Waals surface area contributed by atoms with Crippen molar-refractivity contribution in [3.63, 3.8) is 0 Å². The summed E-state index contributed by atoms with van der Waals surface area (Å²) in [6.07, 6.45) is 1.48. The predicted molar refractivity (Wildman–Crippen MR) is 109 cm³/mol. The Labute approximate surface area is 172 Å². The van der Waals surface area contributed by atoms with Crippen LogP contribution in [0.5, 0.6) is 11.5 Å². The highest BCUT2D eigenvalue weighted by atomic mass is 32.2. The van der Waals surface area contributed by atoms with Gasteiger partial charge in [-0.2, -0.15) is 0 Å². The van der Waals surface area contributed by atoms with E-state index >= 15 is 0 Å². The maximum atomic E-state index is 11.7. The molecule has 0 aliphatic heterocycles. The fraction of sp³-hybridized carbons (Fsp3) is 0.250. The summed E-state index contributed by atoms with van der Waals surface area (Å²) in [7, 11) is 3.15. The summed E-state index contributed by atoms with van der Waals surface area (Å²) in [6, 6.07) is 8.91. The smallest absolute Gasteiger partial charge is 0.342 e. The summed E-state index contributed by atoms with van der Waals surface area (Å²) in [5.41, 5.74) is 0.755. The van der Waals surface area contributed by atoms with Gasteiger partial charge in [0.05, 0.1) is 14.2 Å². The van der Waals surface area contributed by atoms with E-state index in [9.17, 15) is 9.90 Å². The SMILES string of the molecule is CCn1c(S/C(=C/c2ccc(C)o2)C(=O)O)nnc1-c1cc(OC)cc(OC)c1. The van der Waals surface area contributed by atoms with E-state index in [1.807, 2.05) is 23.6 Å². The first-order valence-electron chi connectivity index (χ1n) is 8.81. The molecule has 8 nitrogen and oxygen atoms in total. The third-order valence-corrected chi connectivity index (χ3v) is 5.09. The molecule has 1 aromatic carbocycles. The van der Waals surface area contributed by atoms with Gasteiger partial charge in [-0.05, 0) is 49.9 Å². The van der Waals surface area contributed by atoms with Crippen molar-refractivity contribution in [3.05, 3.63) is 46.8 Å². The van der Waals surface area contributed by atoms with Crippen LogP contribution >= 0.6 is 11.8 Å². The normalized spacial score (nSPS) is 11.5. The van der Waals surface area contributed by atoms with Crippen molar-refractivity contribution < 1.29 is 23.8 Å². The van der Waals surface area contributed by atoms with Gasteiger partial charge in [0.1, 0.15) is 27.9 Å². The molecule has 0 spiro atoms. The lowest BCUT2D eigenvalue weighted by molar-refractivity contribution is -0.131. The van der Waals surface area contributed by atoms with Crippen LogP contribution in [0.25, 0.3) is 17.5 Å². The third-order valence-electron chi connectivity index (χ3n) is 4.09. The monoisotopic (exact) mass is 415 g/mol. The summed E-state index contributed by atoms with van der Waals surface area (Å²) in [5.74, 6) is 1.94. The van der Waals surface area contributed by atoms with Gasteiger partial charge in [0.25, 0.3) is 0 Å². The lowest BCUT2D eigenvalue weighted by atomic mass is 10.2. The lowest BCUT2D eigenvalue weighted by Crippen LogP contribution is -2.03. The number of hydrogen-bond donors (Lipinski definition) is 1. The number of aliphatic carboxylic acids is 1. The Morgan fingerprint density at radius 1 is 1.21 bits per heavy atom. The first-order chi connectivity index (χ1) is 13.9. The van der Waals surface area contributed by atoms with Crippen LogP contribution in [0.1, 0.15) is 18.4 Å². The van der Waals surface area contributed by atoms with Crippen LogP contribution < -0.4 is 9.47 Å². The Morgan fingerprint density at radius 3 is 2.41 bits per heavy atom. The summed E-state index contributed by atoms with van der Waals surface area (Å²) < 4.78 is 17.9. The molecule has 0 aliphatic rings. The molecule has 1 N–H and O–H groups in total. The molecular weight excluding hydrogens is 394 g/mol. The van der Waals surface area contributed by atoms with E-state index < -0.39 is 5.97 Å². The molecule has 152 valence electrons. The van der Waals surface area contributed by atoms with E-state index in [4.69, 9.17) is 13.9 Å². The minimum atomic E-state index is -1.07. The molecule has 0 aliphatic carbocycles. The number of ether oxygens (including phenoxy) is 2. The van der Waals surface area contributed by atoms with Crippen molar-refractivity contribution in [1.82, 2.24) is 14.8 Å². The average molecular weight is 415 g/mol. The fourth-order valence-electron chi connectivity index (χ4n) is 2.69. The number of carboxylic acid groups (broad SMARTS) is 1. The molecule has 2 aromatic heterocycles. The van der Waals surface area contributed by atoms with Crippen molar-refractivity contribution in [2.75, 3.05) is 14.2 Å². The second-order valence-corrected chi connectivity index (χ2v) is 7.03. The first kappa shape index (κ1) is 20.5. The Morgan fingerprint density at radius 2 is 1.90 bits per heavy atom. The van der Waals surface area contributed by atoms with Crippen LogP contribution in [0.3, 0.4) is 0 Å². The fourth-order valence-corrected chi connectivity index (χ4v) is 3.56. The van der Waals surface area contributed by atoms with Crippen LogP contribution in [0.2, 0.25) is 0 Å². The van der Waals surface area contributed by atoms with Gasteiger partial charge in [-0.3, -0.25) is 0 Å². The zero-order chi connectivity index (χ0) is 21.0. The lowest BCUT2D eigenvalue weighted by Gasteiger charge is -2.10. The van der Waals surface area contributed by atoms with Gasteiger partial charge in [-0.25, -0.2) is 4.79 Å². The van der Waals surface area contributed by atoms with E-state index in [0.717, 1.165) is 17.3 Å². The molecular formula is C20H21N3O5S. The second-order valence-electron chi connectivity index (χ2n) is 6.02. The predicted octanol–water partition coefficient (Wildman–Crippen LogP) is 4.10. The largest absolute Gasteiger partial charge is 0.497 e.